The highest BCUT2D eigenvalue weighted by molar-refractivity contribution is 6.46. The zero-order chi connectivity index (χ0) is 23.3. The molecule has 8 heteroatoms. The third kappa shape index (κ3) is 3.79. The number of aliphatic hydroxyl groups is 1. The van der Waals surface area contributed by atoms with Gasteiger partial charge in [0.1, 0.15) is 23.4 Å². The summed E-state index contributed by atoms with van der Waals surface area (Å²) in [5, 5.41) is 11.9. The van der Waals surface area contributed by atoms with Crippen molar-refractivity contribution in [2.24, 2.45) is 0 Å². The molecule has 6 nitrogen and oxygen atoms in total. The van der Waals surface area contributed by atoms with Gasteiger partial charge in [0, 0.05) is 12.0 Å². The van der Waals surface area contributed by atoms with Crippen LogP contribution >= 0.6 is 23.2 Å². The Morgan fingerprint density at radius 1 is 1.12 bits per heavy atom. The zero-order valence-corrected chi connectivity index (χ0v) is 19.1. The number of ether oxygens (including phenoxy) is 1. The summed E-state index contributed by atoms with van der Waals surface area (Å²) < 4.78 is 11.1. The van der Waals surface area contributed by atoms with Crippen molar-refractivity contribution in [1.29, 1.82) is 0 Å². The molecule has 0 radical (unpaired) electrons. The molecule has 168 valence electrons. The van der Waals surface area contributed by atoms with Gasteiger partial charge >= 0.3 is 0 Å². The Morgan fingerprint density at radius 3 is 2.67 bits per heavy atom. The number of benzene rings is 2. The lowest BCUT2D eigenvalue weighted by Gasteiger charge is -2.24. The minimum Gasteiger partial charge on any atom is -0.507 e. The summed E-state index contributed by atoms with van der Waals surface area (Å²) in [4.78, 5) is 27.6. The number of carbonyl (C=O) groups is 2. The van der Waals surface area contributed by atoms with Crippen LogP contribution in [0.15, 0.2) is 64.8 Å². The molecular weight excluding hydrogens is 465 g/mol. The first-order chi connectivity index (χ1) is 15.8. The van der Waals surface area contributed by atoms with E-state index in [1.807, 2.05) is 6.92 Å². The average Bonchev–Trinajstić information content (AvgIpc) is 3.49. The SMILES string of the molecule is CC1Cc2cc(/C(O)=C3\C(=O)C(=O)N(Cc4ccco4)C3c3ccc(Cl)c(Cl)c3)ccc2O1. The number of nitrogens with zero attached hydrogens (tertiary/aromatic N) is 1. The van der Waals surface area contributed by atoms with Crippen LogP contribution in [-0.2, 0) is 22.6 Å². The topological polar surface area (TPSA) is 80.0 Å². The fraction of sp³-hybridized carbons (Fsp3) is 0.200. The molecule has 1 aromatic heterocycles. The Morgan fingerprint density at radius 2 is 1.94 bits per heavy atom. The first-order valence-corrected chi connectivity index (χ1v) is 11.1. The first-order valence-electron chi connectivity index (χ1n) is 10.4. The van der Waals surface area contributed by atoms with Crippen molar-refractivity contribution in [3.63, 3.8) is 0 Å². The highest BCUT2D eigenvalue weighted by Gasteiger charge is 2.46. The van der Waals surface area contributed by atoms with Crippen LogP contribution in [0, 0.1) is 0 Å². The van der Waals surface area contributed by atoms with Crippen molar-refractivity contribution >= 4 is 40.7 Å². The van der Waals surface area contributed by atoms with Crippen molar-refractivity contribution in [3.8, 4) is 5.75 Å². The van der Waals surface area contributed by atoms with Crippen LogP contribution in [0.25, 0.3) is 5.76 Å². The molecule has 33 heavy (non-hydrogen) atoms. The number of aliphatic hydroxyl groups excluding tert-OH is 1. The summed E-state index contributed by atoms with van der Waals surface area (Å²) in [5.41, 5.74) is 1.90. The molecule has 1 saturated heterocycles. The Bertz CT molecular complexity index is 1300. The van der Waals surface area contributed by atoms with E-state index < -0.39 is 17.7 Å². The summed E-state index contributed by atoms with van der Waals surface area (Å²) in [6.45, 7) is 2.01. The fourth-order valence-electron chi connectivity index (χ4n) is 4.37. The average molecular weight is 484 g/mol. The van der Waals surface area contributed by atoms with E-state index in [1.165, 1.54) is 11.2 Å². The number of amides is 1. The van der Waals surface area contributed by atoms with E-state index in [2.05, 4.69) is 0 Å². The summed E-state index contributed by atoms with van der Waals surface area (Å²) in [6, 6.07) is 12.7. The molecule has 0 bridgehead atoms. The molecule has 1 N–H and O–H groups in total. The summed E-state index contributed by atoms with van der Waals surface area (Å²) >= 11 is 12.3. The van der Waals surface area contributed by atoms with Gasteiger partial charge in [-0.3, -0.25) is 9.59 Å². The number of Topliss-reactive ketones (excluding diaryl/α,β-unsaturated/α-hetero) is 1. The number of likely N-dealkylation sites (tertiary alicyclic amines) is 1. The lowest BCUT2D eigenvalue weighted by molar-refractivity contribution is -0.140. The van der Waals surface area contributed by atoms with Crippen molar-refractivity contribution in [1.82, 2.24) is 4.90 Å². The van der Waals surface area contributed by atoms with E-state index in [0.717, 1.165) is 11.3 Å². The van der Waals surface area contributed by atoms with E-state index >= 15 is 0 Å². The molecule has 1 amide bonds. The van der Waals surface area contributed by atoms with Gasteiger partial charge in [0.15, 0.2) is 0 Å². The van der Waals surface area contributed by atoms with Crippen molar-refractivity contribution in [3.05, 3.63) is 92.9 Å². The molecule has 0 saturated carbocycles. The van der Waals surface area contributed by atoms with E-state index in [1.54, 1.807) is 48.5 Å². The van der Waals surface area contributed by atoms with Crippen molar-refractivity contribution < 1.29 is 23.8 Å². The minimum atomic E-state index is -0.867. The Labute approximate surface area is 200 Å². The van der Waals surface area contributed by atoms with Gasteiger partial charge in [0.2, 0.25) is 0 Å². The van der Waals surface area contributed by atoms with Crippen LogP contribution in [0.2, 0.25) is 10.0 Å². The van der Waals surface area contributed by atoms with E-state index in [-0.39, 0.29) is 29.0 Å². The second kappa shape index (κ2) is 8.28. The lowest BCUT2D eigenvalue weighted by atomic mass is 9.94. The molecule has 1 fully saturated rings. The number of ketones is 1. The summed E-state index contributed by atoms with van der Waals surface area (Å²) in [6.07, 6.45) is 2.22. The van der Waals surface area contributed by atoms with Crippen LogP contribution in [0.4, 0.5) is 0 Å². The molecule has 2 unspecified atom stereocenters. The smallest absolute Gasteiger partial charge is 0.296 e. The molecule has 0 aliphatic carbocycles. The van der Waals surface area contributed by atoms with Crippen molar-refractivity contribution in [2.75, 3.05) is 0 Å². The number of rotatable bonds is 4. The molecule has 0 spiro atoms. The number of fused-ring (bicyclic) bond motifs is 1. The molecule has 2 aliphatic rings. The van der Waals surface area contributed by atoms with Crippen LogP contribution in [0.5, 0.6) is 5.75 Å². The van der Waals surface area contributed by atoms with Crippen LogP contribution < -0.4 is 4.74 Å². The van der Waals surface area contributed by atoms with Crippen LogP contribution in [0.3, 0.4) is 0 Å². The summed E-state index contributed by atoms with van der Waals surface area (Å²) in [5.74, 6) is -0.514. The van der Waals surface area contributed by atoms with Gasteiger partial charge in [-0.1, -0.05) is 29.3 Å². The number of hydrogen-bond acceptors (Lipinski definition) is 5. The molecule has 2 aliphatic heterocycles. The molecule has 3 heterocycles. The number of halogens is 2. The lowest BCUT2D eigenvalue weighted by Crippen LogP contribution is -2.29. The zero-order valence-electron chi connectivity index (χ0n) is 17.5. The maximum Gasteiger partial charge on any atom is 0.296 e. The number of hydrogen-bond donors (Lipinski definition) is 1. The molecule has 3 aromatic rings. The van der Waals surface area contributed by atoms with Gasteiger partial charge in [-0.05, 0) is 60.5 Å². The monoisotopic (exact) mass is 483 g/mol. The molecule has 2 aromatic carbocycles. The van der Waals surface area contributed by atoms with Crippen LogP contribution in [0.1, 0.15) is 35.4 Å². The Balaban J connectivity index is 1.65. The molecule has 5 rings (SSSR count). The standard InChI is InChI=1S/C25H19Cl2NO5/c1-13-9-16-10-15(5-7-20(16)33-13)23(29)21-22(14-4-6-18(26)19(27)11-14)28(25(31)24(21)30)12-17-3-2-8-32-17/h2-8,10-11,13,22,29H,9,12H2,1H3/b23-21+. The minimum absolute atomic E-state index is 0.0168. The van der Waals surface area contributed by atoms with E-state index in [9.17, 15) is 14.7 Å². The Hall–Kier alpha value is -3.22. The van der Waals surface area contributed by atoms with E-state index in [4.69, 9.17) is 32.4 Å². The molecular formula is C25H19Cl2NO5. The van der Waals surface area contributed by atoms with Crippen LogP contribution in [-0.4, -0.2) is 27.8 Å². The second-order valence-electron chi connectivity index (χ2n) is 8.14. The third-order valence-corrected chi connectivity index (χ3v) is 6.61. The highest BCUT2D eigenvalue weighted by atomic mass is 35.5. The van der Waals surface area contributed by atoms with Gasteiger partial charge in [-0.2, -0.15) is 0 Å². The summed E-state index contributed by atoms with van der Waals surface area (Å²) in [7, 11) is 0. The maximum atomic E-state index is 13.2. The predicted octanol–water partition coefficient (Wildman–Crippen LogP) is 5.53. The number of carbonyl (C=O) groups excluding carboxylic acids is 2. The second-order valence-corrected chi connectivity index (χ2v) is 8.95. The third-order valence-electron chi connectivity index (χ3n) is 5.88. The molecule has 2 atom stereocenters. The quantitative estimate of drug-likeness (QED) is 0.299. The van der Waals surface area contributed by atoms with Gasteiger partial charge in [-0.15, -0.1) is 0 Å². The predicted molar refractivity (Wildman–Crippen MR) is 123 cm³/mol. The van der Waals surface area contributed by atoms with Crippen molar-refractivity contribution in [2.45, 2.75) is 32.0 Å². The Kier molecular flexibility index (Phi) is 5.43. The van der Waals surface area contributed by atoms with Gasteiger partial charge in [0.25, 0.3) is 11.7 Å². The largest absolute Gasteiger partial charge is 0.507 e. The first kappa shape index (κ1) is 21.6. The van der Waals surface area contributed by atoms with E-state index in [0.29, 0.717) is 28.3 Å². The van der Waals surface area contributed by atoms with Gasteiger partial charge in [0.05, 0.1) is 34.5 Å². The normalized spacial score (nSPS) is 21.4. The van der Waals surface area contributed by atoms with Gasteiger partial charge < -0.3 is 19.2 Å². The van der Waals surface area contributed by atoms with Gasteiger partial charge in [-0.25, -0.2) is 0 Å². The number of furan rings is 1. The fourth-order valence-corrected chi connectivity index (χ4v) is 4.67. The highest BCUT2D eigenvalue weighted by Crippen LogP contribution is 2.42. The maximum absolute atomic E-state index is 13.2.